The molecule has 8 heteroatoms. The van der Waals surface area contributed by atoms with Gasteiger partial charge in [-0.25, -0.2) is 8.42 Å². The normalized spacial score (nSPS) is 16.7. The predicted octanol–water partition coefficient (Wildman–Crippen LogP) is 2.68. The Balaban J connectivity index is 1.93. The van der Waals surface area contributed by atoms with Gasteiger partial charge in [0.1, 0.15) is 5.75 Å². The number of ether oxygens (including phenoxy) is 1. The first-order chi connectivity index (χ1) is 13.3. The molecule has 0 saturated carbocycles. The summed E-state index contributed by atoms with van der Waals surface area (Å²) in [5.41, 5.74) is 2.08. The van der Waals surface area contributed by atoms with E-state index in [2.05, 4.69) is 6.58 Å². The summed E-state index contributed by atoms with van der Waals surface area (Å²) < 4.78 is 30.4. The number of hydrogen-bond donors (Lipinski definition) is 0. The van der Waals surface area contributed by atoms with Crippen molar-refractivity contribution in [2.45, 2.75) is 12.5 Å². The fourth-order valence-electron chi connectivity index (χ4n) is 3.43. The number of amides is 1. The molecule has 0 radical (unpaired) electrons. The number of rotatable bonds is 7. The highest BCUT2D eigenvalue weighted by atomic mass is 32.2. The van der Waals surface area contributed by atoms with Gasteiger partial charge >= 0.3 is 0 Å². The number of benzene rings is 1. The number of sulfonamides is 1. The van der Waals surface area contributed by atoms with Gasteiger partial charge in [-0.3, -0.25) is 4.79 Å². The van der Waals surface area contributed by atoms with Crippen LogP contribution in [-0.2, 0) is 21.2 Å². The van der Waals surface area contributed by atoms with Gasteiger partial charge in [0.05, 0.1) is 26.0 Å². The summed E-state index contributed by atoms with van der Waals surface area (Å²) in [4.78, 5) is 16.2. The van der Waals surface area contributed by atoms with Crippen LogP contribution in [0.15, 0.2) is 48.4 Å². The van der Waals surface area contributed by atoms with E-state index in [1.165, 1.54) is 11.0 Å². The second-order valence-corrected chi connectivity index (χ2v) is 9.64. The lowest BCUT2D eigenvalue weighted by Gasteiger charge is -2.37. The smallest absolute Gasteiger partial charge is 0.238 e. The fourth-order valence-corrected chi connectivity index (χ4v) is 5.06. The summed E-state index contributed by atoms with van der Waals surface area (Å²) in [5, 5.41) is 2.04. The third-order valence-electron chi connectivity index (χ3n) is 4.83. The minimum atomic E-state index is -3.50. The lowest BCUT2D eigenvalue weighted by molar-refractivity contribution is -0.133. The molecule has 3 rings (SSSR count). The standard InChI is InChI=1S/C20H24N2O4S2/c1-4-11-21(28(3,24)25)14-19(23)22-12-9-18-17(10-13-27-18)20(22)15-5-7-16(26-2)8-6-15/h4-8,10,13,20H,1,9,11-12,14H2,2-3H3. The summed E-state index contributed by atoms with van der Waals surface area (Å²) in [7, 11) is -1.89. The van der Waals surface area contributed by atoms with Gasteiger partial charge in [0.2, 0.25) is 15.9 Å². The molecule has 1 aliphatic rings. The minimum absolute atomic E-state index is 0.106. The van der Waals surface area contributed by atoms with E-state index in [1.807, 2.05) is 35.7 Å². The van der Waals surface area contributed by atoms with Gasteiger partial charge in [-0.1, -0.05) is 18.2 Å². The van der Waals surface area contributed by atoms with E-state index in [4.69, 9.17) is 4.74 Å². The summed E-state index contributed by atoms with van der Waals surface area (Å²) in [6, 6.07) is 9.46. The molecule has 1 aliphatic heterocycles. The number of carbonyl (C=O) groups is 1. The molecule has 0 fully saturated rings. The van der Waals surface area contributed by atoms with E-state index in [9.17, 15) is 13.2 Å². The first kappa shape index (κ1) is 20.6. The molecule has 1 unspecified atom stereocenters. The van der Waals surface area contributed by atoms with E-state index in [-0.39, 0.29) is 25.0 Å². The zero-order chi connectivity index (χ0) is 20.3. The lowest BCUT2D eigenvalue weighted by Crippen LogP contribution is -2.46. The quantitative estimate of drug-likeness (QED) is 0.646. The Morgan fingerprint density at radius 1 is 1.36 bits per heavy atom. The number of fused-ring (bicyclic) bond motifs is 1. The zero-order valence-corrected chi connectivity index (χ0v) is 17.6. The van der Waals surface area contributed by atoms with E-state index in [1.54, 1.807) is 23.3 Å². The van der Waals surface area contributed by atoms with Gasteiger partial charge < -0.3 is 9.64 Å². The Kier molecular flexibility index (Phi) is 6.22. The second kappa shape index (κ2) is 8.46. The van der Waals surface area contributed by atoms with Crippen molar-refractivity contribution in [2.24, 2.45) is 0 Å². The molecule has 0 saturated heterocycles. The van der Waals surface area contributed by atoms with Crippen molar-refractivity contribution >= 4 is 27.3 Å². The van der Waals surface area contributed by atoms with Gasteiger partial charge in [-0.05, 0) is 41.1 Å². The monoisotopic (exact) mass is 420 g/mol. The molecule has 1 aromatic carbocycles. The van der Waals surface area contributed by atoms with Crippen LogP contribution in [-0.4, -0.2) is 56.5 Å². The van der Waals surface area contributed by atoms with E-state index < -0.39 is 10.0 Å². The summed E-state index contributed by atoms with van der Waals surface area (Å²) >= 11 is 1.69. The van der Waals surface area contributed by atoms with Gasteiger partial charge in [0.25, 0.3) is 0 Å². The van der Waals surface area contributed by atoms with Crippen molar-refractivity contribution in [3.63, 3.8) is 0 Å². The van der Waals surface area contributed by atoms with Crippen LogP contribution in [0.4, 0.5) is 0 Å². The van der Waals surface area contributed by atoms with E-state index >= 15 is 0 Å². The van der Waals surface area contributed by atoms with Crippen LogP contribution in [0.2, 0.25) is 0 Å². The molecule has 1 aromatic heterocycles. The summed E-state index contributed by atoms with van der Waals surface area (Å²) in [5.74, 6) is 0.530. The van der Waals surface area contributed by atoms with Crippen LogP contribution in [0.1, 0.15) is 22.0 Å². The molecule has 28 heavy (non-hydrogen) atoms. The predicted molar refractivity (Wildman–Crippen MR) is 111 cm³/mol. The van der Waals surface area contributed by atoms with Crippen molar-refractivity contribution < 1.29 is 17.9 Å². The van der Waals surface area contributed by atoms with Crippen LogP contribution >= 0.6 is 11.3 Å². The van der Waals surface area contributed by atoms with Crippen LogP contribution in [0.3, 0.4) is 0 Å². The van der Waals surface area contributed by atoms with Crippen LogP contribution in [0, 0.1) is 0 Å². The fraction of sp³-hybridized carbons (Fsp3) is 0.350. The number of nitrogens with zero attached hydrogens (tertiary/aromatic N) is 2. The number of methoxy groups -OCH3 is 1. The summed E-state index contributed by atoms with van der Waals surface area (Å²) in [6.45, 7) is 4.05. The lowest BCUT2D eigenvalue weighted by atomic mass is 9.93. The van der Waals surface area contributed by atoms with Crippen LogP contribution in [0.25, 0.3) is 0 Å². The highest BCUT2D eigenvalue weighted by Gasteiger charge is 2.34. The Labute approximate surface area is 170 Å². The molecular weight excluding hydrogens is 396 g/mol. The average Bonchev–Trinajstić information content (AvgIpc) is 3.15. The second-order valence-electron chi connectivity index (χ2n) is 6.66. The minimum Gasteiger partial charge on any atom is -0.497 e. The van der Waals surface area contributed by atoms with Crippen molar-refractivity contribution in [1.29, 1.82) is 0 Å². The topological polar surface area (TPSA) is 66.9 Å². The third kappa shape index (κ3) is 4.29. The molecule has 1 amide bonds. The summed E-state index contributed by atoms with van der Waals surface area (Å²) in [6.07, 6.45) is 3.37. The maximum atomic E-state index is 13.1. The Morgan fingerprint density at radius 2 is 2.07 bits per heavy atom. The first-order valence-electron chi connectivity index (χ1n) is 8.91. The van der Waals surface area contributed by atoms with Crippen molar-refractivity contribution in [3.05, 3.63) is 64.4 Å². The molecule has 0 aliphatic carbocycles. The molecule has 1 atom stereocenters. The van der Waals surface area contributed by atoms with Crippen LogP contribution in [0.5, 0.6) is 5.75 Å². The molecule has 2 aromatic rings. The Bertz CT molecular complexity index is 951. The maximum absolute atomic E-state index is 13.1. The van der Waals surface area contributed by atoms with Gasteiger partial charge in [0.15, 0.2) is 0 Å². The van der Waals surface area contributed by atoms with Crippen LogP contribution < -0.4 is 4.74 Å². The third-order valence-corrected chi connectivity index (χ3v) is 7.04. The molecule has 0 N–H and O–H groups in total. The van der Waals surface area contributed by atoms with Crippen molar-refractivity contribution in [1.82, 2.24) is 9.21 Å². The molecule has 2 heterocycles. The maximum Gasteiger partial charge on any atom is 0.238 e. The highest BCUT2D eigenvalue weighted by Crippen LogP contribution is 2.38. The van der Waals surface area contributed by atoms with Gasteiger partial charge in [-0.2, -0.15) is 4.31 Å². The van der Waals surface area contributed by atoms with E-state index in [0.29, 0.717) is 6.54 Å². The largest absolute Gasteiger partial charge is 0.497 e. The Morgan fingerprint density at radius 3 is 2.68 bits per heavy atom. The van der Waals surface area contributed by atoms with Crippen molar-refractivity contribution in [3.8, 4) is 5.75 Å². The molecular formula is C20H24N2O4S2. The molecule has 6 nitrogen and oxygen atoms in total. The zero-order valence-electron chi connectivity index (χ0n) is 16.0. The SMILES string of the molecule is C=CCN(CC(=O)N1CCc2sccc2C1c1ccc(OC)cc1)S(C)(=O)=O. The highest BCUT2D eigenvalue weighted by molar-refractivity contribution is 7.88. The first-order valence-corrected chi connectivity index (χ1v) is 11.6. The Hall–Kier alpha value is -2.16. The van der Waals surface area contributed by atoms with E-state index in [0.717, 1.165) is 33.9 Å². The van der Waals surface area contributed by atoms with Gasteiger partial charge in [-0.15, -0.1) is 17.9 Å². The number of thiophene rings is 1. The average molecular weight is 421 g/mol. The molecule has 150 valence electrons. The number of carbonyl (C=O) groups excluding carboxylic acids is 1. The number of hydrogen-bond acceptors (Lipinski definition) is 5. The molecule has 0 spiro atoms. The van der Waals surface area contributed by atoms with Crippen molar-refractivity contribution in [2.75, 3.05) is 33.0 Å². The molecule has 0 bridgehead atoms. The van der Waals surface area contributed by atoms with Gasteiger partial charge in [0, 0.05) is 18.0 Å².